The van der Waals surface area contributed by atoms with Crippen LogP contribution in [0.25, 0.3) is 0 Å². The zero-order chi connectivity index (χ0) is 4.28. The van der Waals surface area contributed by atoms with E-state index in [0.29, 0.717) is 0 Å². The van der Waals surface area contributed by atoms with Crippen LogP contribution in [0.1, 0.15) is 20.3 Å². The number of hydrogen-bond acceptors (Lipinski definition) is 0. The summed E-state index contributed by atoms with van der Waals surface area (Å²) in [6.45, 7) is 8.00. The fourth-order valence-corrected chi connectivity index (χ4v) is 0. The molecule has 9 heavy (non-hydrogen) atoms. The van der Waals surface area contributed by atoms with E-state index in [1.54, 1.807) is 0 Å². The van der Waals surface area contributed by atoms with E-state index in [0.717, 1.165) is 12.3 Å². The van der Waals surface area contributed by atoms with Crippen LogP contribution in [0, 0.1) is 12.8 Å². The quantitative estimate of drug-likeness (QED) is 0.373. The molecule has 0 rings (SSSR count). The molecule has 0 aliphatic carbocycles. The minimum atomic E-state index is 0. The second-order valence-corrected chi connectivity index (χ2v) is 1.68. The van der Waals surface area contributed by atoms with Crippen molar-refractivity contribution in [3.05, 3.63) is 6.92 Å². The summed E-state index contributed by atoms with van der Waals surface area (Å²) in [6, 6.07) is 0. The Balaban J connectivity index is -0.0000000133. The Morgan fingerprint density at radius 1 is 1.11 bits per heavy atom. The zero-order valence-corrected chi connectivity index (χ0v) is 7.55. The van der Waals surface area contributed by atoms with Gasteiger partial charge >= 0.3 is 0 Å². The summed E-state index contributed by atoms with van der Waals surface area (Å²) in [4.78, 5) is 0. The predicted molar refractivity (Wildman–Crippen MR) is 35.7 cm³/mol. The van der Waals surface area contributed by atoms with Crippen molar-refractivity contribution in [3.8, 4) is 0 Å². The van der Waals surface area contributed by atoms with Gasteiger partial charge in [0.1, 0.15) is 0 Å². The Labute approximate surface area is 71.6 Å². The molecule has 0 aliphatic heterocycles. The molecule has 0 aliphatic rings. The first-order chi connectivity index (χ1) is 2.27. The van der Waals surface area contributed by atoms with Gasteiger partial charge in [-0.05, 0) is 0 Å². The number of rotatable bonds is 1. The third kappa shape index (κ3) is 55.5. The van der Waals surface area contributed by atoms with E-state index in [9.17, 15) is 0 Å². The molecule has 0 saturated carbocycles. The Kier molecular flexibility index (Phi) is 87.6. The molecule has 0 spiro atoms. The third-order valence-electron chi connectivity index (χ3n) is 0.577. The fraction of sp³-hybridized carbons (Fsp3) is 0.800. The van der Waals surface area contributed by atoms with Gasteiger partial charge in [-0.25, -0.2) is 0 Å². The predicted octanol–water partition coefficient (Wildman–Crippen LogP) is -0.610. The SMILES string of the molecule is O.O.O.[CH2-]CC(C)C.[Ti]. The van der Waals surface area contributed by atoms with E-state index in [-0.39, 0.29) is 38.1 Å². The maximum absolute atomic E-state index is 3.69. The molecule has 0 fully saturated rings. The summed E-state index contributed by atoms with van der Waals surface area (Å²) >= 11 is 0. The van der Waals surface area contributed by atoms with Crippen LogP contribution in [0.3, 0.4) is 0 Å². The average Bonchev–Trinajstić information content (AvgIpc) is 1.38. The molecule has 0 unspecified atom stereocenters. The van der Waals surface area contributed by atoms with E-state index >= 15 is 0 Å². The largest absolute Gasteiger partial charge is 0.412 e. The van der Waals surface area contributed by atoms with Gasteiger partial charge in [-0.3, -0.25) is 0 Å². The first-order valence-electron chi connectivity index (χ1n) is 2.06. The maximum Gasteiger partial charge on any atom is 0 e. The third-order valence-corrected chi connectivity index (χ3v) is 0.577. The van der Waals surface area contributed by atoms with Gasteiger partial charge < -0.3 is 23.4 Å². The van der Waals surface area contributed by atoms with Gasteiger partial charge in [0.15, 0.2) is 0 Å². The molecule has 0 saturated heterocycles. The maximum atomic E-state index is 3.69. The monoisotopic (exact) mass is 173 g/mol. The van der Waals surface area contributed by atoms with Crippen molar-refractivity contribution in [1.29, 1.82) is 0 Å². The van der Waals surface area contributed by atoms with Crippen molar-refractivity contribution in [2.24, 2.45) is 5.92 Å². The minimum absolute atomic E-state index is 0. The van der Waals surface area contributed by atoms with E-state index in [4.69, 9.17) is 0 Å². The second kappa shape index (κ2) is 23.5. The van der Waals surface area contributed by atoms with Crippen molar-refractivity contribution >= 4 is 0 Å². The first kappa shape index (κ1) is 33.6. The van der Waals surface area contributed by atoms with Crippen LogP contribution in [0.5, 0.6) is 0 Å². The van der Waals surface area contributed by atoms with Gasteiger partial charge in [0.25, 0.3) is 0 Å². The van der Waals surface area contributed by atoms with Gasteiger partial charge in [0, 0.05) is 21.7 Å². The molecular weight excluding hydrogens is 156 g/mol. The smallest absolute Gasteiger partial charge is 0 e. The van der Waals surface area contributed by atoms with E-state index in [1.807, 2.05) is 0 Å². The molecular formula is C5H17O3Ti-. The van der Waals surface area contributed by atoms with E-state index < -0.39 is 0 Å². The molecule has 0 aromatic heterocycles. The Bertz CT molecular complexity index is 26.2. The van der Waals surface area contributed by atoms with Gasteiger partial charge in [-0.15, -0.1) is 0 Å². The van der Waals surface area contributed by atoms with Gasteiger partial charge in [0.2, 0.25) is 0 Å². The Morgan fingerprint density at radius 3 is 1.22 bits per heavy atom. The molecule has 6 N–H and O–H groups in total. The van der Waals surface area contributed by atoms with Crippen molar-refractivity contribution in [3.63, 3.8) is 0 Å². The van der Waals surface area contributed by atoms with Crippen LogP contribution in [-0.2, 0) is 21.7 Å². The molecule has 0 heterocycles. The Morgan fingerprint density at radius 2 is 1.22 bits per heavy atom. The molecule has 0 aromatic carbocycles. The van der Waals surface area contributed by atoms with Crippen LogP contribution in [0.2, 0.25) is 0 Å². The Hall–Kier alpha value is 0.594. The summed E-state index contributed by atoms with van der Waals surface area (Å²) in [7, 11) is 0. The van der Waals surface area contributed by atoms with Crippen LogP contribution in [0.4, 0.5) is 0 Å². The molecule has 3 nitrogen and oxygen atoms in total. The molecule has 0 aromatic rings. The topological polar surface area (TPSA) is 94.5 Å². The summed E-state index contributed by atoms with van der Waals surface area (Å²) in [5.74, 6) is 0.773. The summed E-state index contributed by atoms with van der Waals surface area (Å²) in [6.07, 6.45) is 1.06. The molecule has 0 bridgehead atoms. The van der Waals surface area contributed by atoms with Crippen molar-refractivity contribution < 1.29 is 38.1 Å². The van der Waals surface area contributed by atoms with Crippen molar-refractivity contribution in [2.45, 2.75) is 20.3 Å². The summed E-state index contributed by atoms with van der Waals surface area (Å²) < 4.78 is 0. The van der Waals surface area contributed by atoms with Gasteiger partial charge in [-0.1, -0.05) is 19.8 Å². The number of hydrogen-bond donors (Lipinski definition) is 0. The van der Waals surface area contributed by atoms with E-state index in [1.165, 1.54) is 0 Å². The molecule has 0 amide bonds. The molecule has 0 atom stereocenters. The van der Waals surface area contributed by atoms with Crippen molar-refractivity contribution in [1.82, 2.24) is 0 Å². The van der Waals surface area contributed by atoms with E-state index in [2.05, 4.69) is 20.8 Å². The zero-order valence-electron chi connectivity index (χ0n) is 5.99. The van der Waals surface area contributed by atoms with Crippen LogP contribution >= 0.6 is 0 Å². The van der Waals surface area contributed by atoms with Gasteiger partial charge in [-0.2, -0.15) is 6.42 Å². The normalized spacial score (nSPS) is 5.33. The van der Waals surface area contributed by atoms with Gasteiger partial charge in [0.05, 0.1) is 0 Å². The molecule has 4 heteroatoms. The second-order valence-electron chi connectivity index (χ2n) is 1.68. The first-order valence-corrected chi connectivity index (χ1v) is 2.06. The van der Waals surface area contributed by atoms with Crippen LogP contribution < -0.4 is 0 Å². The summed E-state index contributed by atoms with van der Waals surface area (Å²) in [5, 5.41) is 0. The van der Waals surface area contributed by atoms with Crippen LogP contribution in [-0.4, -0.2) is 16.4 Å². The minimum Gasteiger partial charge on any atom is -0.412 e. The average molecular weight is 173 g/mol. The summed E-state index contributed by atoms with van der Waals surface area (Å²) in [5.41, 5.74) is 0. The van der Waals surface area contributed by atoms with Crippen LogP contribution in [0.15, 0.2) is 0 Å². The molecule has 60 valence electrons. The van der Waals surface area contributed by atoms with Crippen molar-refractivity contribution in [2.75, 3.05) is 0 Å². The molecule has 0 radical (unpaired) electrons. The standard InChI is InChI=1S/C5H11.3H2O.Ti/c1-4-5(2)3;;;;/h5H,1,4H2,2-3H3;3*1H2;/q-1;;;;. The fourth-order valence-electron chi connectivity index (χ4n) is 0.